The zero-order valence-corrected chi connectivity index (χ0v) is 11.9. The molecular formula is C16H18N4O. The third-order valence-electron chi connectivity index (χ3n) is 2.97. The lowest BCUT2D eigenvalue weighted by molar-refractivity contribution is 0.0953. The van der Waals surface area contributed by atoms with Gasteiger partial charge in [0.05, 0.1) is 0 Å². The van der Waals surface area contributed by atoms with Gasteiger partial charge < -0.3 is 10.6 Å². The first kappa shape index (κ1) is 14.7. The van der Waals surface area contributed by atoms with Crippen molar-refractivity contribution in [2.75, 3.05) is 11.9 Å². The van der Waals surface area contributed by atoms with Crippen molar-refractivity contribution in [2.24, 2.45) is 0 Å². The molecule has 5 heteroatoms. The van der Waals surface area contributed by atoms with E-state index in [-0.39, 0.29) is 11.9 Å². The number of nitrogens with one attached hydrogen (secondary N) is 2. The summed E-state index contributed by atoms with van der Waals surface area (Å²) >= 11 is 0. The van der Waals surface area contributed by atoms with Gasteiger partial charge in [-0.1, -0.05) is 36.4 Å². The van der Waals surface area contributed by atoms with Crippen molar-refractivity contribution in [1.29, 1.82) is 0 Å². The van der Waals surface area contributed by atoms with Gasteiger partial charge in [0.25, 0.3) is 5.91 Å². The maximum absolute atomic E-state index is 11.8. The van der Waals surface area contributed by atoms with Crippen molar-refractivity contribution in [3.63, 3.8) is 0 Å². The lowest BCUT2D eigenvalue weighted by Gasteiger charge is -2.15. The van der Waals surface area contributed by atoms with Gasteiger partial charge in [-0.15, -0.1) is 6.58 Å². The highest BCUT2D eigenvalue weighted by atomic mass is 16.1. The number of carbonyl (C=O) groups excluding carboxylic acids is 1. The fraction of sp³-hybridized carbons (Fsp3) is 0.188. The predicted molar refractivity (Wildman–Crippen MR) is 83.0 cm³/mol. The Morgan fingerprint density at radius 3 is 2.81 bits per heavy atom. The van der Waals surface area contributed by atoms with Gasteiger partial charge in [-0.3, -0.25) is 4.79 Å². The third kappa shape index (κ3) is 4.14. The van der Waals surface area contributed by atoms with Gasteiger partial charge in [-0.05, 0) is 12.5 Å². The molecule has 2 aromatic rings. The maximum Gasteiger partial charge on any atom is 0.270 e. The van der Waals surface area contributed by atoms with Gasteiger partial charge in [0.2, 0.25) is 0 Å². The van der Waals surface area contributed by atoms with Gasteiger partial charge in [0.15, 0.2) is 0 Å². The minimum atomic E-state index is -0.243. The molecule has 0 aliphatic carbocycles. The number of benzene rings is 1. The van der Waals surface area contributed by atoms with Gasteiger partial charge in [0, 0.05) is 18.7 Å². The summed E-state index contributed by atoms with van der Waals surface area (Å²) in [4.78, 5) is 20.0. The number of carbonyl (C=O) groups is 1. The smallest absolute Gasteiger partial charge is 0.270 e. The summed E-state index contributed by atoms with van der Waals surface area (Å²) in [5.74, 6) is 0.373. The standard InChI is InChI=1S/C16H18N4O/c1-3-9-17-16(21)14-10-15(19-11-18-14)20-12(2)13-7-5-4-6-8-13/h3-8,10-12H,1,9H2,2H3,(H,17,21)(H,18,19,20). The number of amides is 1. The Labute approximate surface area is 124 Å². The quantitative estimate of drug-likeness (QED) is 0.799. The summed E-state index contributed by atoms with van der Waals surface area (Å²) in [6.07, 6.45) is 3.00. The SMILES string of the molecule is C=CCNC(=O)c1cc(NC(C)c2ccccc2)ncn1. The van der Waals surface area contributed by atoms with Crippen LogP contribution in [0.4, 0.5) is 5.82 Å². The molecule has 0 radical (unpaired) electrons. The van der Waals surface area contributed by atoms with E-state index < -0.39 is 0 Å². The Morgan fingerprint density at radius 1 is 1.33 bits per heavy atom. The summed E-state index contributed by atoms with van der Waals surface area (Å²) in [6.45, 7) is 6.00. The van der Waals surface area contributed by atoms with E-state index in [0.29, 0.717) is 18.1 Å². The number of nitrogens with zero attached hydrogens (tertiary/aromatic N) is 2. The Bertz CT molecular complexity index is 613. The summed E-state index contributed by atoms with van der Waals surface area (Å²) in [6, 6.07) is 11.8. The lowest BCUT2D eigenvalue weighted by atomic mass is 10.1. The van der Waals surface area contributed by atoms with Crippen molar-refractivity contribution in [3.8, 4) is 0 Å². The number of aromatic nitrogens is 2. The van der Waals surface area contributed by atoms with E-state index in [9.17, 15) is 4.79 Å². The Hall–Kier alpha value is -2.69. The van der Waals surface area contributed by atoms with E-state index in [2.05, 4.69) is 27.2 Å². The maximum atomic E-state index is 11.8. The van der Waals surface area contributed by atoms with Crippen LogP contribution in [-0.4, -0.2) is 22.4 Å². The second-order valence-electron chi connectivity index (χ2n) is 4.56. The predicted octanol–water partition coefficient (Wildman–Crippen LogP) is 2.57. The minimum absolute atomic E-state index is 0.0881. The third-order valence-corrected chi connectivity index (χ3v) is 2.97. The molecule has 1 unspecified atom stereocenters. The topological polar surface area (TPSA) is 66.9 Å². The largest absolute Gasteiger partial charge is 0.363 e. The van der Waals surface area contributed by atoms with E-state index in [4.69, 9.17) is 0 Å². The average molecular weight is 282 g/mol. The molecule has 1 atom stereocenters. The molecule has 1 aromatic heterocycles. The molecule has 108 valence electrons. The molecule has 2 rings (SSSR count). The van der Waals surface area contributed by atoms with E-state index in [0.717, 1.165) is 5.56 Å². The van der Waals surface area contributed by atoms with Crippen LogP contribution in [0.3, 0.4) is 0 Å². The van der Waals surface area contributed by atoms with Crippen LogP contribution in [0.25, 0.3) is 0 Å². The molecule has 5 nitrogen and oxygen atoms in total. The molecule has 0 saturated carbocycles. The van der Waals surface area contributed by atoms with E-state index >= 15 is 0 Å². The monoisotopic (exact) mass is 282 g/mol. The van der Waals surface area contributed by atoms with Crippen molar-refractivity contribution in [3.05, 3.63) is 66.6 Å². The van der Waals surface area contributed by atoms with E-state index in [1.54, 1.807) is 12.1 Å². The Kier molecular flexibility index (Phi) is 5.04. The number of rotatable bonds is 6. The van der Waals surface area contributed by atoms with Crippen LogP contribution in [0.15, 0.2) is 55.4 Å². The summed E-state index contributed by atoms with van der Waals surface area (Å²) < 4.78 is 0. The molecule has 0 aliphatic heterocycles. The molecule has 2 N–H and O–H groups in total. The fourth-order valence-electron chi connectivity index (χ4n) is 1.86. The fourth-order valence-corrected chi connectivity index (χ4v) is 1.86. The Balaban J connectivity index is 2.07. The second kappa shape index (κ2) is 7.19. The van der Waals surface area contributed by atoms with Crippen molar-refractivity contribution >= 4 is 11.7 Å². The van der Waals surface area contributed by atoms with Crippen LogP contribution in [-0.2, 0) is 0 Å². The molecule has 1 heterocycles. The van der Waals surface area contributed by atoms with Gasteiger partial charge >= 0.3 is 0 Å². The first-order valence-corrected chi connectivity index (χ1v) is 6.73. The van der Waals surface area contributed by atoms with Crippen LogP contribution < -0.4 is 10.6 Å². The number of hydrogen-bond acceptors (Lipinski definition) is 4. The molecule has 0 fully saturated rings. The van der Waals surface area contributed by atoms with Crippen molar-refractivity contribution in [1.82, 2.24) is 15.3 Å². The van der Waals surface area contributed by atoms with Crippen LogP contribution in [0.5, 0.6) is 0 Å². The summed E-state index contributed by atoms with van der Waals surface area (Å²) in [7, 11) is 0. The van der Waals surface area contributed by atoms with Gasteiger partial charge in [-0.25, -0.2) is 9.97 Å². The number of anilines is 1. The first-order chi connectivity index (χ1) is 10.2. The zero-order valence-electron chi connectivity index (χ0n) is 11.9. The summed E-state index contributed by atoms with van der Waals surface area (Å²) in [5, 5.41) is 5.94. The molecule has 0 spiro atoms. The molecular weight excluding hydrogens is 264 g/mol. The number of hydrogen-bond donors (Lipinski definition) is 2. The highest BCUT2D eigenvalue weighted by Crippen LogP contribution is 2.17. The molecule has 21 heavy (non-hydrogen) atoms. The first-order valence-electron chi connectivity index (χ1n) is 6.73. The average Bonchev–Trinajstić information content (AvgIpc) is 2.53. The molecule has 1 aromatic carbocycles. The molecule has 0 bridgehead atoms. The molecule has 0 aliphatic rings. The minimum Gasteiger partial charge on any atom is -0.363 e. The van der Waals surface area contributed by atoms with E-state index in [1.807, 2.05) is 37.3 Å². The Morgan fingerprint density at radius 2 is 2.10 bits per heavy atom. The molecule has 1 amide bonds. The second-order valence-corrected chi connectivity index (χ2v) is 4.56. The zero-order chi connectivity index (χ0) is 15.1. The normalized spacial score (nSPS) is 11.5. The van der Waals surface area contributed by atoms with Crippen LogP contribution in [0.2, 0.25) is 0 Å². The van der Waals surface area contributed by atoms with E-state index in [1.165, 1.54) is 6.33 Å². The highest BCUT2D eigenvalue weighted by molar-refractivity contribution is 5.92. The molecule has 0 saturated heterocycles. The van der Waals surface area contributed by atoms with Gasteiger partial charge in [-0.2, -0.15) is 0 Å². The van der Waals surface area contributed by atoms with Crippen molar-refractivity contribution in [2.45, 2.75) is 13.0 Å². The lowest BCUT2D eigenvalue weighted by Crippen LogP contribution is -2.24. The summed E-state index contributed by atoms with van der Waals surface area (Å²) in [5.41, 5.74) is 1.48. The van der Waals surface area contributed by atoms with Crippen molar-refractivity contribution < 1.29 is 4.79 Å². The van der Waals surface area contributed by atoms with Crippen LogP contribution in [0, 0.1) is 0 Å². The van der Waals surface area contributed by atoms with Crippen LogP contribution >= 0.6 is 0 Å². The van der Waals surface area contributed by atoms with Gasteiger partial charge in [0.1, 0.15) is 17.8 Å². The van der Waals surface area contributed by atoms with Crippen LogP contribution in [0.1, 0.15) is 29.0 Å². The highest BCUT2D eigenvalue weighted by Gasteiger charge is 2.10.